The summed E-state index contributed by atoms with van der Waals surface area (Å²) in [6.07, 6.45) is 0. The number of phenolic OH excluding ortho intramolecular Hbond substituents is 1. The maximum Gasteiger partial charge on any atom is 0.253 e. The molecule has 0 radical (unpaired) electrons. The van der Waals surface area contributed by atoms with Crippen LogP contribution in [0.1, 0.15) is 31.1 Å². The second-order valence-electron chi connectivity index (χ2n) is 7.01. The van der Waals surface area contributed by atoms with E-state index < -0.39 is 6.04 Å². The van der Waals surface area contributed by atoms with Crippen LogP contribution in [0.5, 0.6) is 5.75 Å². The fourth-order valence-electron chi connectivity index (χ4n) is 2.48. The predicted molar refractivity (Wildman–Crippen MR) is 95.3 cm³/mol. The Balaban J connectivity index is 0.00000288. The molecule has 1 saturated heterocycles. The molecule has 134 valence electrons. The van der Waals surface area contributed by atoms with Gasteiger partial charge in [-0.15, -0.1) is 12.4 Å². The van der Waals surface area contributed by atoms with Crippen molar-refractivity contribution in [3.63, 3.8) is 0 Å². The molecule has 1 aliphatic heterocycles. The number of phenols is 1. The van der Waals surface area contributed by atoms with Gasteiger partial charge in [0.15, 0.2) is 0 Å². The minimum atomic E-state index is -0.540. The predicted octanol–water partition coefficient (Wildman–Crippen LogP) is 1.47. The van der Waals surface area contributed by atoms with Crippen LogP contribution in [-0.4, -0.2) is 58.9 Å². The van der Waals surface area contributed by atoms with E-state index >= 15 is 0 Å². The number of halogens is 1. The van der Waals surface area contributed by atoms with E-state index in [0.29, 0.717) is 31.7 Å². The zero-order valence-corrected chi connectivity index (χ0v) is 15.2. The Morgan fingerprint density at radius 2 is 1.50 bits per heavy atom. The van der Waals surface area contributed by atoms with Crippen molar-refractivity contribution in [3.05, 3.63) is 29.8 Å². The van der Waals surface area contributed by atoms with Gasteiger partial charge in [0.2, 0.25) is 5.91 Å². The van der Waals surface area contributed by atoms with Crippen molar-refractivity contribution in [2.24, 2.45) is 11.1 Å². The number of hydrogen-bond donors (Lipinski definition) is 2. The minimum Gasteiger partial charge on any atom is -0.508 e. The molecule has 1 atom stereocenters. The molecule has 0 aliphatic carbocycles. The van der Waals surface area contributed by atoms with Gasteiger partial charge in [-0.1, -0.05) is 20.8 Å². The van der Waals surface area contributed by atoms with Gasteiger partial charge in [0.1, 0.15) is 5.75 Å². The smallest absolute Gasteiger partial charge is 0.253 e. The lowest BCUT2D eigenvalue weighted by molar-refractivity contribution is -0.136. The van der Waals surface area contributed by atoms with Gasteiger partial charge in [-0.05, 0) is 29.7 Å². The second-order valence-corrected chi connectivity index (χ2v) is 7.01. The molecule has 2 amide bonds. The molecule has 1 aromatic rings. The van der Waals surface area contributed by atoms with Crippen LogP contribution in [0.15, 0.2) is 24.3 Å². The van der Waals surface area contributed by atoms with Gasteiger partial charge in [0.05, 0.1) is 6.04 Å². The standard InChI is InChI=1S/C17H25N3O3.ClH/c1-17(2,3)14(18)16(23)20-10-8-19(9-11-20)15(22)12-4-6-13(21)7-5-12;/h4-7,14,21H,8-11,18H2,1-3H3;1H/t14-;/m1./s1. The molecule has 6 nitrogen and oxygen atoms in total. The highest BCUT2D eigenvalue weighted by molar-refractivity contribution is 5.94. The Morgan fingerprint density at radius 3 is 1.96 bits per heavy atom. The lowest BCUT2D eigenvalue weighted by Crippen LogP contribution is -2.56. The zero-order chi connectivity index (χ0) is 17.2. The average Bonchev–Trinajstić information content (AvgIpc) is 2.53. The van der Waals surface area contributed by atoms with Crippen LogP contribution in [0, 0.1) is 5.41 Å². The first-order valence-corrected chi connectivity index (χ1v) is 7.83. The van der Waals surface area contributed by atoms with Crippen LogP contribution >= 0.6 is 12.4 Å². The lowest BCUT2D eigenvalue weighted by Gasteiger charge is -2.38. The van der Waals surface area contributed by atoms with Gasteiger partial charge in [0, 0.05) is 31.7 Å². The number of rotatable bonds is 2. The Kier molecular flexibility index (Phi) is 6.63. The lowest BCUT2D eigenvalue weighted by atomic mass is 9.86. The number of carbonyl (C=O) groups is 2. The third-order valence-electron chi connectivity index (χ3n) is 4.19. The third-order valence-corrected chi connectivity index (χ3v) is 4.19. The Morgan fingerprint density at radius 1 is 1.04 bits per heavy atom. The number of aromatic hydroxyl groups is 1. The number of benzene rings is 1. The maximum atomic E-state index is 12.4. The Labute approximate surface area is 149 Å². The number of amides is 2. The average molecular weight is 356 g/mol. The van der Waals surface area contributed by atoms with Gasteiger partial charge in [-0.25, -0.2) is 0 Å². The van der Waals surface area contributed by atoms with Crippen LogP contribution in [0.4, 0.5) is 0 Å². The summed E-state index contributed by atoms with van der Waals surface area (Å²) in [5.74, 6) is -0.0143. The van der Waals surface area contributed by atoms with Crippen LogP contribution in [0.2, 0.25) is 0 Å². The molecule has 1 aliphatic rings. The molecule has 24 heavy (non-hydrogen) atoms. The van der Waals surface area contributed by atoms with Crippen molar-refractivity contribution in [2.45, 2.75) is 26.8 Å². The van der Waals surface area contributed by atoms with Gasteiger partial charge >= 0.3 is 0 Å². The fraction of sp³-hybridized carbons (Fsp3) is 0.529. The fourth-order valence-corrected chi connectivity index (χ4v) is 2.48. The summed E-state index contributed by atoms with van der Waals surface area (Å²) in [5.41, 5.74) is 6.28. The molecular weight excluding hydrogens is 330 g/mol. The topological polar surface area (TPSA) is 86.9 Å². The third kappa shape index (κ3) is 4.61. The number of carbonyl (C=O) groups excluding carboxylic acids is 2. The molecular formula is C17H26ClN3O3. The summed E-state index contributed by atoms with van der Waals surface area (Å²) in [7, 11) is 0. The summed E-state index contributed by atoms with van der Waals surface area (Å²) in [5, 5.41) is 9.28. The van der Waals surface area contributed by atoms with Gasteiger partial charge in [-0.3, -0.25) is 9.59 Å². The van der Waals surface area contributed by atoms with Crippen LogP contribution in [-0.2, 0) is 4.79 Å². The van der Waals surface area contributed by atoms with Crippen molar-refractivity contribution in [1.29, 1.82) is 0 Å². The van der Waals surface area contributed by atoms with Crippen molar-refractivity contribution in [3.8, 4) is 5.75 Å². The van der Waals surface area contributed by atoms with Crippen LogP contribution in [0.3, 0.4) is 0 Å². The normalized spacial score (nSPS) is 16.3. The number of hydrogen-bond acceptors (Lipinski definition) is 4. The first-order valence-electron chi connectivity index (χ1n) is 7.83. The molecule has 0 spiro atoms. The highest BCUT2D eigenvalue weighted by Crippen LogP contribution is 2.20. The molecule has 3 N–H and O–H groups in total. The van der Waals surface area contributed by atoms with Gasteiger partial charge in [0.25, 0.3) is 5.91 Å². The van der Waals surface area contributed by atoms with E-state index in [2.05, 4.69) is 0 Å². The molecule has 1 fully saturated rings. The first kappa shape index (κ1) is 20.3. The van der Waals surface area contributed by atoms with Crippen molar-refractivity contribution in [2.75, 3.05) is 26.2 Å². The van der Waals surface area contributed by atoms with E-state index in [1.54, 1.807) is 21.9 Å². The van der Waals surface area contributed by atoms with E-state index in [-0.39, 0.29) is 35.4 Å². The number of nitrogens with zero attached hydrogens (tertiary/aromatic N) is 2. The molecule has 0 saturated carbocycles. The van der Waals surface area contributed by atoms with E-state index in [0.717, 1.165) is 0 Å². The summed E-state index contributed by atoms with van der Waals surface area (Å²) in [6, 6.07) is 5.65. The van der Waals surface area contributed by atoms with E-state index in [1.165, 1.54) is 12.1 Å². The summed E-state index contributed by atoms with van der Waals surface area (Å²) in [6.45, 7) is 7.80. The van der Waals surface area contributed by atoms with E-state index in [9.17, 15) is 14.7 Å². The maximum absolute atomic E-state index is 12.4. The second kappa shape index (κ2) is 7.85. The van der Waals surface area contributed by atoms with Crippen molar-refractivity contribution < 1.29 is 14.7 Å². The monoisotopic (exact) mass is 355 g/mol. The number of piperazine rings is 1. The molecule has 7 heteroatoms. The SMILES string of the molecule is CC(C)(C)[C@H](N)C(=O)N1CCN(C(=O)c2ccc(O)cc2)CC1.Cl. The quantitative estimate of drug-likeness (QED) is 0.841. The Bertz CT molecular complexity index is 576. The molecule has 1 heterocycles. The highest BCUT2D eigenvalue weighted by Gasteiger charge is 2.33. The highest BCUT2D eigenvalue weighted by atomic mass is 35.5. The summed E-state index contributed by atoms with van der Waals surface area (Å²) < 4.78 is 0. The minimum absolute atomic E-state index is 0. The molecule has 0 unspecified atom stereocenters. The molecule has 0 aromatic heterocycles. The van der Waals surface area contributed by atoms with Crippen LogP contribution < -0.4 is 5.73 Å². The first-order chi connectivity index (χ1) is 10.7. The van der Waals surface area contributed by atoms with Crippen LogP contribution in [0.25, 0.3) is 0 Å². The van der Waals surface area contributed by atoms with E-state index in [4.69, 9.17) is 5.73 Å². The summed E-state index contributed by atoms with van der Waals surface area (Å²) >= 11 is 0. The van der Waals surface area contributed by atoms with Gasteiger partial charge < -0.3 is 20.6 Å². The number of nitrogens with two attached hydrogens (primary N) is 1. The molecule has 1 aromatic carbocycles. The largest absolute Gasteiger partial charge is 0.508 e. The van der Waals surface area contributed by atoms with E-state index in [1.807, 2.05) is 20.8 Å². The molecule has 0 bridgehead atoms. The molecule has 2 rings (SSSR count). The zero-order valence-electron chi connectivity index (χ0n) is 14.4. The van der Waals surface area contributed by atoms with Crippen molar-refractivity contribution in [1.82, 2.24) is 9.80 Å². The van der Waals surface area contributed by atoms with Gasteiger partial charge in [-0.2, -0.15) is 0 Å². The Hall–Kier alpha value is -1.79. The summed E-state index contributed by atoms with van der Waals surface area (Å²) in [4.78, 5) is 28.2. The van der Waals surface area contributed by atoms with Crippen molar-refractivity contribution >= 4 is 24.2 Å².